The summed E-state index contributed by atoms with van der Waals surface area (Å²) in [5, 5.41) is 8.77. The molecule has 0 heterocycles. The first-order valence-corrected chi connectivity index (χ1v) is 8.19. The highest BCUT2D eigenvalue weighted by atomic mass is 32.2. The molecule has 2 N–H and O–H groups in total. The number of benzene rings is 2. The summed E-state index contributed by atoms with van der Waals surface area (Å²) in [6.45, 7) is -0.285. The summed E-state index contributed by atoms with van der Waals surface area (Å²) in [5.74, 6) is -7.54. The van der Waals surface area contributed by atoms with Crippen molar-refractivity contribution in [2.75, 3.05) is 7.11 Å². The van der Waals surface area contributed by atoms with Gasteiger partial charge in [-0.1, -0.05) is 12.1 Å². The Kier molecular flexibility index (Phi) is 5.33. The normalized spacial score (nSPS) is 11.4. The van der Waals surface area contributed by atoms with Crippen molar-refractivity contribution in [2.24, 2.45) is 0 Å². The lowest BCUT2D eigenvalue weighted by Crippen LogP contribution is -2.25. The van der Waals surface area contributed by atoms with Gasteiger partial charge in [-0.15, -0.1) is 0 Å². The standard InChI is InChI=1S/C15H12F3NO5S/c1-24-9-4-2-8(3-5-9)7-19-25(22,23)11-6-10(15(20)21)12(16)14(18)13(11)17/h2-6,19H,7H2,1H3,(H,20,21). The molecule has 0 unspecified atom stereocenters. The van der Waals surface area contributed by atoms with Gasteiger partial charge in [-0.3, -0.25) is 0 Å². The molecule has 0 atom stereocenters. The van der Waals surface area contributed by atoms with Gasteiger partial charge < -0.3 is 9.84 Å². The van der Waals surface area contributed by atoms with Crippen molar-refractivity contribution in [1.82, 2.24) is 4.72 Å². The fraction of sp³-hybridized carbons (Fsp3) is 0.133. The summed E-state index contributed by atoms with van der Waals surface area (Å²) in [6, 6.07) is 6.42. The third-order valence-corrected chi connectivity index (χ3v) is 4.66. The van der Waals surface area contributed by atoms with E-state index in [4.69, 9.17) is 9.84 Å². The van der Waals surface area contributed by atoms with Crippen LogP contribution in [0.4, 0.5) is 13.2 Å². The van der Waals surface area contributed by atoms with Gasteiger partial charge in [0, 0.05) is 6.54 Å². The van der Waals surface area contributed by atoms with E-state index in [1.807, 2.05) is 4.72 Å². The van der Waals surface area contributed by atoms with E-state index in [9.17, 15) is 26.4 Å². The van der Waals surface area contributed by atoms with Crippen LogP contribution in [0.1, 0.15) is 15.9 Å². The number of carboxylic acids is 1. The molecule has 2 aromatic rings. The van der Waals surface area contributed by atoms with Gasteiger partial charge in [-0.25, -0.2) is 31.1 Å². The van der Waals surface area contributed by atoms with Crippen LogP contribution in [-0.2, 0) is 16.6 Å². The molecule has 0 radical (unpaired) electrons. The molecule has 0 saturated carbocycles. The second kappa shape index (κ2) is 7.11. The Morgan fingerprint density at radius 3 is 2.24 bits per heavy atom. The van der Waals surface area contributed by atoms with E-state index in [1.165, 1.54) is 19.2 Å². The summed E-state index contributed by atoms with van der Waals surface area (Å²) in [5.41, 5.74) is -0.811. The predicted octanol–water partition coefficient (Wildman–Crippen LogP) is 2.29. The zero-order valence-electron chi connectivity index (χ0n) is 12.7. The summed E-state index contributed by atoms with van der Waals surface area (Å²) in [7, 11) is -3.18. The highest BCUT2D eigenvalue weighted by Crippen LogP contribution is 2.23. The van der Waals surface area contributed by atoms with Crippen molar-refractivity contribution >= 4 is 16.0 Å². The molecule has 2 rings (SSSR count). The molecular weight excluding hydrogens is 363 g/mol. The summed E-state index contributed by atoms with van der Waals surface area (Å²) >= 11 is 0. The molecular formula is C15H12F3NO5S. The molecule has 6 nitrogen and oxygen atoms in total. The number of ether oxygens (including phenoxy) is 1. The first kappa shape index (κ1) is 18.7. The lowest BCUT2D eigenvalue weighted by Gasteiger charge is -2.10. The van der Waals surface area contributed by atoms with Gasteiger partial charge in [-0.05, 0) is 23.8 Å². The minimum absolute atomic E-state index is 0.229. The third kappa shape index (κ3) is 3.91. The van der Waals surface area contributed by atoms with E-state index in [0.717, 1.165) is 0 Å². The highest BCUT2D eigenvalue weighted by Gasteiger charge is 2.29. The van der Waals surface area contributed by atoms with Crippen LogP contribution in [0.2, 0.25) is 0 Å². The first-order chi connectivity index (χ1) is 11.7. The lowest BCUT2D eigenvalue weighted by molar-refractivity contribution is 0.0690. The number of carbonyl (C=O) groups is 1. The number of aromatic carboxylic acids is 1. The molecule has 2 aromatic carbocycles. The summed E-state index contributed by atoms with van der Waals surface area (Å²) in [4.78, 5) is 9.55. The Morgan fingerprint density at radius 2 is 1.72 bits per heavy atom. The molecule has 25 heavy (non-hydrogen) atoms. The van der Waals surface area contributed by atoms with Crippen LogP contribution in [0.5, 0.6) is 5.75 Å². The SMILES string of the molecule is COc1ccc(CNS(=O)(=O)c2cc(C(=O)O)c(F)c(F)c2F)cc1. The minimum atomic E-state index is -4.63. The molecule has 0 aliphatic carbocycles. The van der Waals surface area contributed by atoms with Crippen molar-refractivity contribution in [3.05, 3.63) is 58.9 Å². The minimum Gasteiger partial charge on any atom is -0.497 e. The molecule has 0 aliphatic rings. The average Bonchev–Trinajstić information content (AvgIpc) is 2.58. The van der Waals surface area contributed by atoms with E-state index >= 15 is 0 Å². The van der Waals surface area contributed by atoms with Crippen LogP contribution in [0.3, 0.4) is 0 Å². The fourth-order valence-electron chi connectivity index (χ4n) is 1.93. The van der Waals surface area contributed by atoms with E-state index < -0.39 is 43.9 Å². The number of hydrogen-bond acceptors (Lipinski definition) is 4. The molecule has 0 fully saturated rings. The molecule has 0 saturated heterocycles. The summed E-state index contributed by atoms with van der Waals surface area (Å²) in [6.07, 6.45) is 0. The highest BCUT2D eigenvalue weighted by molar-refractivity contribution is 7.89. The Morgan fingerprint density at radius 1 is 1.12 bits per heavy atom. The van der Waals surface area contributed by atoms with Gasteiger partial charge >= 0.3 is 5.97 Å². The van der Waals surface area contributed by atoms with Gasteiger partial charge in [0.1, 0.15) is 10.6 Å². The van der Waals surface area contributed by atoms with Gasteiger partial charge in [-0.2, -0.15) is 0 Å². The molecule has 0 amide bonds. The quantitative estimate of drug-likeness (QED) is 0.756. The average molecular weight is 375 g/mol. The van der Waals surface area contributed by atoms with Crippen molar-refractivity contribution < 1.29 is 36.2 Å². The molecule has 0 aliphatic heterocycles. The Balaban J connectivity index is 2.34. The van der Waals surface area contributed by atoms with Gasteiger partial charge in [0.15, 0.2) is 17.5 Å². The number of rotatable bonds is 6. The van der Waals surface area contributed by atoms with E-state index in [1.54, 1.807) is 12.1 Å². The van der Waals surface area contributed by atoms with E-state index in [2.05, 4.69) is 0 Å². The number of carboxylic acid groups (broad SMARTS) is 1. The number of sulfonamides is 1. The number of hydrogen-bond donors (Lipinski definition) is 2. The monoisotopic (exact) mass is 375 g/mol. The van der Waals surface area contributed by atoms with Crippen molar-refractivity contribution in [2.45, 2.75) is 11.4 Å². The predicted molar refractivity (Wildman–Crippen MR) is 80.3 cm³/mol. The van der Waals surface area contributed by atoms with Crippen LogP contribution in [-0.4, -0.2) is 26.6 Å². The van der Waals surface area contributed by atoms with Gasteiger partial charge in [0.25, 0.3) is 0 Å². The molecule has 134 valence electrons. The van der Waals surface area contributed by atoms with Gasteiger partial charge in [0.05, 0.1) is 12.7 Å². The largest absolute Gasteiger partial charge is 0.497 e. The topological polar surface area (TPSA) is 92.7 Å². The Labute approximate surface area is 140 Å². The van der Waals surface area contributed by atoms with Crippen molar-refractivity contribution in [1.29, 1.82) is 0 Å². The molecule has 0 aromatic heterocycles. The Bertz CT molecular complexity index is 914. The maximum atomic E-state index is 13.8. The van der Waals surface area contributed by atoms with Gasteiger partial charge in [0.2, 0.25) is 10.0 Å². The second-order valence-electron chi connectivity index (χ2n) is 4.84. The van der Waals surface area contributed by atoms with Crippen molar-refractivity contribution in [3.63, 3.8) is 0 Å². The maximum absolute atomic E-state index is 13.8. The van der Waals surface area contributed by atoms with Crippen LogP contribution in [0.25, 0.3) is 0 Å². The van der Waals surface area contributed by atoms with Crippen LogP contribution < -0.4 is 9.46 Å². The smallest absolute Gasteiger partial charge is 0.338 e. The third-order valence-electron chi connectivity index (χ3n) is 3.26. The molecule has 0 spiro atoms. The number of nitrogens with one attached hydrogen (secondary N) is 1. The van der Waals surface area contributed by atoms with Crippen LogP contribution >= 0.6 is 0 Å². The van der Waals surface area contributed by atoms with Crippen molar-refractivity contribution in [3.8, 4) is 5.75 Å². The van der Waals surface area contributed by atoms with E-state index in [-0.39, 0.29) is 12.6 Å². The maximum Gasteiger partial charge on any atom is 0.338 e. The first-order valence-electron chi connectivity index (χ1n) is 6.70. The fourth-order valence-corrected chi connectivity index (χ4v) is 3.04. The Hall–Kier alpha value is -2.59. The molecule has 0 bridgehead atoms. The number of methoxy groups -OCH3 is 1. The second-order valence-corrected chi connectivity index (χ2v) is 6.58. The van der Waals surface area contributed by atoms with Crippen LogP contribution in [0, 0.1) is 17.5 Å². The van der Waals surface area contributed by atoms with E-state index in [0.29, 0.717) is 11.3 Å². The molecule has 10 heteroatoms. The zero-order valence-corrected chi connectivity index (χ0v) is 13.5. The lowest BCUT2D eigenvalue weighted by atomic mass is 10.2. The summed E-state index contributed by atoms with van der Waals surface area (Å²) < 4.78 is 71.8. The van der Waals surface area contributed by atoms with Crippen LogP contribution in [0.15, 0.2) is 35.2 Å². The number of halogens is 3. The zero-order chi connectivity index (χ0) is 18.8.